The minimum absolute atomic E-state index is 0.116. The van der Waals surface area contributed by atoms with Crippen LogP contribution in [0.2, 0.25) is 0 Å². The highest BCUT2D eigenvalue weighted by molar-refractivity contribution is 6.04. The molecule has 2 aliphatic heterocycles. The highest BCUT2D eigenvalue weighted by Gasteiger charge is 2.46. The first-order chi connectivity index (χ1) is 13.7. The van der Waals surface area contributed by atoms with Gasteiger partial charge in [0, 0.05) is 19.3 Å². The summed E-state index contributed by atoms with van der Waals surface area (Å²) in [7, 11) is 2.00. The number of carboxylic acid groups (broad SMARTS) is 1. The van der Waals surface area contributed by atoms with Crippen LogP contribution in [0.4, 0.5) is 18.9 Å². The van der Waals surface area contributed by atoms with Crippen LogP contribution in [0.15, 0.2) is 18.2 Å². The third-order valence-corrected chi connectivity index (χ3v) is 5.72. The van der Waals surface area contributed by atoms with Gasteiger partial charge in [-0.1, -0.05) is 6.07 Å². The number of ether oxygens (including phenoxy) is 1. The molecule has 0 bridgehead atoms. The third-order valence-electron chi connectivity index (χ3n) is 5.72. The summed E-state index contributed by atoms with van der Waals surface area (Å²) in [6.45, 7) is 2.16. The smallest absolute Gasteiger partial charge is 0.471 e. The van der Waals surface area contributed by atoms with E-state index in [1.165, 1.54) is 12.1 Å². The molecule has 2 saturated heterocycles. The number of likely N-dealkylation sites (tertiary alicyclic amines) is 1. The van der Waals surface area contributed by atoms with Crippen LogP contribution in [-0.2, 0) is 9.53 Å². The van der Waals surface area contributed by atoms with E-state index in [0.717, 1.165) is 31.5 Å². The number of anilines is 1. The molecule has 3 rings (SSSR count). The molecule has 6 nitrogen and oxygen atoms in total. The zero-order valence-corrected chi connectivity index (χ0v) is 16.2. The van der Waals surface area contributed by atoms with E-state index >= 15 is 0 Å². The van der Waals surface area contributed by atoms with Gasteiger partial charge in [-0.2, -0.15) is 13.2 Å². The standard InChI is InChI=1S/C20H25F3N2O4/c1-24-8-4-13(5-9-24)14-2-3-16(18(26)27)17(12-14)25(19(28)20(21,22)23)15-6-10-29-11-7-15/h2-3,12-13,15H,4-11H2,1H3,(H,26,27). The van der Waals surface area contributed by atoms with Crippen molar-refractivity contribution in [3.8, 4) is 0 Å². The van der Waals surface area contributed by atoms with Crippen LogP contribution in [0.3, 0.4) is 0 Å². The van der Waals surface area contributed by atoms with Crippen molar-refractivity contribution in [1.29, 1.82) is 0 Å². The summed E-state index contributed by atoms with van der Waals surface area (Å²) in [5, 5.41) is 9.58. The van der Waals surface area contributed by atoms with E-state index in [0.29, 0.717) is 4.90 Å². The first kappa shape index (κ1) is 21.6. The zero-order valence-electron chi connectivity index (χ0n) is 16.2. The van der Waals surface area contributed by atoms with Gasteiger partial charge in [-0.25, -0.2) is 4.79 Å². The number of alkyl halides is 3. The van der Waals surface area contributed by atoms with E-state index in [4.69, 9.17) is 4.74 Å². The van der Waals surface area contributed by atoms with Crippen LogP contribution in [0.1, 0.15) is 47.5 Å². The second-order valence-electron chi connectivity index (χ2n) is 7.68. The number of hydrogen-bond donors (Lipinski definition) is 1. The Bertz CT molecular complexity index is 755. The second-order valence-corrected chi connectivity index (χ2v) is 7.68. The molecule has 1 amide bonds. The molecule has 1 N–H and O–H groups in total. The topological polar surface area (TPSA) is 70.1 Å². The van der Waals surface area contributed by atoms with Gasteiger partial charge >= 0.3 is 18.1 Å². The van der Waals surface area contributed by atoms with Crippen molar-refractivity contribution in [1.82, 2.24) is 4.90 Å². The minimum atomic E-state index is -5.10. The molecule has 0 saturated carbocycles. The second kappa shape index (κ2) is 8.71. The van der Waals surface area contributed by atoms with Gasteiger partial charge in [-0.15, -0.1) is 0 Å². The largest absolute Gasteiger partial charge is 0.478 e. The molecule has 0 aromatic heterocycles. The van der Waals surface area contributed by atoms with Gasteiger partial charge in [0.1, 0.15) is 0 Å². The number of rotatable bonds is 4. The summed E-state index contributed by atoms with van der Waals surface area (Å²) >= 11 is 0. The van der Waals surface area contributed by atoms with Crippen molar-refractivity contribution in [2.75, 3.05) is 38.3 Å². The maximum atomic E-state index is 13.4. The average Bonchev–Trinajstić information content (AvgIpc) is 2.68. The van der Waals surface area contributed by atoms with Crippen molar-refractivity contribution in [3.63, 3.8) is 0 Å². The van der Waals surface area contributed by atoms with E-state index in [1.54, 1.807) is 6.07 Å². The maximum absolute atomic E-state index is 13.4. The molecule has 2 heterocycles. The van der Waals surface area contributed by atoms with Crippen LogP contribution in [-0.4, -0.2) is 67.5 Å². The van der Waals surface area contributed by atoms with Gasteiger partial charge in [-0.05, 0) is 69.4 Å². The Morgan fingerprint density at radius 3 is 2.31 bits per heavy atom. The maximum Gasteiger partial charge on any atom is 0.471 e. The molecule has 0 radical (unpaired) electrons. The molecule has 1 aromatic rings. The summed E-state index contributed by atoms with van der Waals surface area (Å²) in [6, 6.07) is 3.69. The van der Waals surface area contributed by atoms with Crippen molar-refractivity contribution < 1.29 is 32.6 Å². The SMILES string of the molecule is CN1CCC(c2ccc(C(=O)O)c(N(C(=O)C(F)(F)F)C3CCOCC3)c2)CC1. The Kier molecular flexibility index (Phi) is 6.48. The van der Waals surface area contributed by atoms with Crippen molar-refractivity contribution >= 4 is 17.6 Å². The Morgan fingerprint density at radius 1 is 1.14 bits per heavy atom. The van der Waals surface area contributed by atoms with E-state index in [1.807, 2.05) is 7.05 Å². The number of benzene rings is 1. The predicted octanol–water partition coefficient (Wildman–Crippen LogP) is 3.27. The van der Waals surface area contributed by atoms with Crippen LogP contribution < -0.4 is 4.90 Å². The number of carbonyl (C=O) groups is 2. The Labute approximate surface area is 167 Å². The highest BCUT2D eigenvalue weighted by atomic mass is 19.4. The molecule has 9 heteroatoms. The number of hydrogen-bond acceptors (Lipinski definition) is 4. The van der Waals surface area contributed by atoms with Gasteiger partial charge in [0.05, 0.1) is 11.3 Å². The lowest BCUT2D eigenvalue weighted by atomic mass is 9.88. The molecule has 0 aliphatic carbocycles. The fourth-order valence-corrected chi connectivity index (χ4v) is 4.08. The van der Waals surface area contributed by atoms with Gasteiger partial charge in [-0.3, -0.25) is 4.79 Å². The van der Waals surface area contributed by atoms with Crippen LogP contribution in [0, 0.1) is 0 Å². The Balaban J connectivity index is 2.05. The van der Waals surface area contributed by atoms with E-state index in [2.05, 4.69) is 4.90 Å². The van der Waals surface area contributed by atoms with E-state index in [-0.39, 0.29) is 43.2 Å². The van der Waals surface area contributed by atoms with E-state index in [9.17, 15) is 27.9 Å². The molecular formula is C20H25F3N2O4. The monoisotopic (exact) mass is 414 g/mol. The molecule has 2 aliphatic rings. The number of carboxylic acids is 1. The van der Waals surface area contributed by atoms with Gasteiger partial charge in [0.25, 0.3) is 0 Å². The van der Waals surface area contributed by atoms with Crippen molar-refractivity contribution in [2.45, 2.75) is 43.8 Å². The van der Waals surface area contributed by atoms with Crippen molar-refractivity contribution in [3.05, 3.63) is 29.3 Å². The fraction of sp³-hybridized carbons (Fsp3) is 0.600. The summed E-state index contributed by atoms with van der Waals surface area (Å²) in [6.07, 6.45) is -3.00. The molecular weight excluding hydrogens is 389 g/mol. The van der Waals surface area contributed by atoms with Crippen molar-refractivity contribution in [2.24, 2.45) is 0 Å². The lowest BCUT2D eigenvalue weighted by molar-refractivity contribution is -0.171. The highest BCUT2D eigenvalue weighted by Crippen LogP contribution is 2.36. The number of halogens is 3. The van der Waals surface area contributed by atoms with Gasteiger partial charge in [0.2, 0.25) is 0 Å². The number of amides is 1. The summed E-state index contributed by atoms with van der Waals surface area (Å²) < 4.78 is 45.4. The molecule has 29 heavy (non-hydrogen) atoms. The zero-order chi connectivity index (χ0) is 21.2. The first-order valence-electron chi connectivity index (χ1n) is 9.72. The lowest BCUT2D eigenvalue weighted by Crippen LogP contribution is -2.50. The molecule has 0 atom stereocenters. The Morgan fingerprint density at radius 2 is 1.76 bits per heavy atom. The van der Waals surface area contributed by atoms with Crippen LogP contribution in [0.5, 0.6) is 0 Å². The summed E-state index contributed by atoms with van der Waals surface area (Å²) in [5.74, 6) is -3.28. The normalized spacial score (nSPS) is 19.9. The molecule has 0 spiro atoms. The van der Waals surface area contributed by atoms with Gasteiger partial charge in [0.15, 0.2) is 0 Å². The number of nitrogens with zero attached hydrogens (tertiary/aromatic N) is 2. The quantitative estimate of drug-likeness (QED) is 0.819. The third kappa shape index (κ3) is 4.90. The summed E-state index contributed by atoms with van der Waals surface area (Å²) in [4.78, 5) is 26.9. The molecule has 160 valence electrons. The average molecular weight is 414 g/mol. The van der Waals surface area contributed by atoms with E-state index < -0.39 is 24.1 Å². The number of aromatic carboxylic acids is 1. The number of carbonyl (C=O) groups excluding carboxylic acids is 1. The van der Waals surface area contributed by atoms with Gasteiger partial charge < -0.3 is 19.6 Å². The van der Waals surface area contributed by atoms with Crippen LogP contribution >= 0.6 is 0 Å². The first-order valence-corrected chi connectivity index (χ1v) is 9.72. The fourth-order valence-electron chi connectivity index (χ4n) is 4.08. The molecule has 1 aromatic carbocycles. The molecule has 0 unspecified atom stereocenters. The lowest BCUT2D eigenvalue weighted by Gasteiger charge is -2.36. The predicted molar refractivity (Wildman–Crippen MR) is 100 cm³/mol. The molecule has 2 fully saturated rings. The number of piperidine rings is 1. The summed E-state index contributed by atoms with van der Waals surface area (Å²) in [5.41, 5.74) is 0.291. The van der Waals surface area contributed by atoms with Crippen LogP contribution in [0.25, 0.3) is 0 Å². The Hall–Kier alpha value is -2.13. The minimum Gasteiger partial charge on any atom is -0.478 e.